The van der Waals surface area contributed by atoms with Gasteiger partial charge < -0.3 is 14.5 Å². The van der Waals surface area contributed by atoms with Gasteiger partial charge >= 0.3 is 0 Å². The zero-order chi connectivity index (χ0) is 26.5. The van der Waals surface area contributed by atoms with E-state index < -0.39 is 6.04 Å². The molecule has 198 valence electrons. The van der Waals surface area contributed by atoms with E-state index in [1.165, 1.54) is 11.3 Å². The maximum atomic E-state index is 14.1. The smallest absolute Gasteiger partial charge is 0.251 e. The number of para-hydroxylation sites is 1. The molecule has 0 bridgehead atoms. The molecule has 2 aromatic heterocycles. The fourth-order valence-corrected chi connectivity index (χ4v) is 5.05. The average Bonchev–Trinajstić information content (AvgIpc) is 3.54. The van der Waals surface area contributed by atoms with Crippen LogP contribution in [0.15, 0.2) is 65.1 Å². The van der Waals surface area contributed by atoms with Crippen LogP contribution in [-0.2, 0) is 16.1 Å². The standard InChI is InChI=1S/C29H33N5O4/c1-3-37-23-16-14-22(15-17-23)34(27(35)19-33-25-12-8-7-11-24(25)31-32-33)28(26-18-13-20(2)38-26)29(36)30-21-9-5-4-6-10-21/h7-8,11-18,21,28H,3-6,9-10,19H2,1-2H3,(H,30,36)/t28-/m0/s1. The number of nitrogens with zero attached hydrogens (tertiary/aromatic N) is 4. The van der Waals surface area contributed by atoms with E-state index in [4.69, 9.17) is 9.15 Å². The van der Waals surface area contributed by atoms with E-state index in [9.17, 15) is 9.59 Å². The van der Waals surface area contributed by atoms with E-state index in [0.29, 0.717) is 35.1 Å². The molecule has 38 heavy (non-hydrogen) atoms. The molecule has 0 saturated heterocycles. The lowest BCUT2D eigenvalue weighted by atomic mass is 9.95. The van der Waals surface area contributed by atoms with Gasteiger partial charge in [0.1, 0.15) is 29.3 Å². The second-order valence-corrected chi connectivity index (χ2v) is 9.62. The van der Waals surface area contributed by atoms with E-state index in [1.807, 2.05) is 44.2 Å². The number of hydrogen-bond donors (Lipinski definition) is 1. The molecule has 2 heterocycles. The highest BCUT2D eigenvalue weighted by atomic mass is 16.5. The number of rotatable bonds is 9. The van der Waals surface area contributed by atoms with Crippen LogP contribution in [0.2, 0.25) is 0 Å². The third-order valence-corrected chi connectivity index (χ3v) is 6.89. The highest BCUT2D eigenvalue weighted by Crippen LogP contribution is 2.32. The Labute approximate surface area is 221 Å². The molecule has 0 aliphatic heterocycles. The minimum atomic E-state index is -0.995. The summed E-state index contributed by atoms with van der Waals surface area (Å²) in [6.45, 7) is 4.17. The summed E-state index contributed by atoms with van der Waals surface area (Å²) in [6, 6.07) is 17.3. The topological polar surface area (TPSA) is 102 Å². The van der Waals surface area contributed by atoms with Crippen molar-refractivity contribution in [1.82, 2.24) is 20.3 Å². The van der Waals surface area contributed by atoms with Gasteiger partial charge in [0, 0.05) is 11.7 Å². The normalized spacial score (nSPS) is 14.8. The van der Waals surface area contributed by atoms with E-state index in [2.05, 4.69) is 15.6 Å². The molecule has 9 heteroatoms. The molecule has 0 unspecified atom stereocenters. The molecule has 9 nitrogen and oxygen atoms in total. The number of fused-ring (bicyclic) bond motifs is 1. The molecule has 2 aromatic carbocycles. The van der Waals surface area contributed by atoms with Crippen LogP contribution in [0.3, 0.4) is 0 Å². The molecular weight excluding hydrogens is 482 g/mol. The zero-order valence-corrected chi connectivity index (χ0v) is 21.8. The van der Waals surface area contributed by atoms with Crippen molar-refractivity contribution in [3.05, 3.63) is 72.2 Å². The highest BCUT2D eigenvalue weighted by molar-refractivity contribution is 6.01. The molecule has 1 saturated carbocycles. The van der Waals surface area contributed by atoms with Gasteiger partial charge in [-0.25, -0.2) is 4.68 Å². The van der Waals surface area contributed by atoms with Crippen molar-refractivity contribution in [2.75, 3.05) is 11.5 Å². The number of hydrogen-bond acceptors (Lipinski definition) is 6. The minimum absolute atomic E-state index is 0.0753. The molecule has 1 atom stereocenters. The third-order valence-electron chi connectivity index (χ3n) is 6.89. The third kappa shape index (κ3) is 5.56. The first kappa shape index (κ1) is 25.5. The Bertz CT molecular complexity index is 1390. The summed E-state index contributed by atoms with van der Waals surface area (Å²) in [4.78, 5) is 29.5. The van der Waals surface area contributed by atoms with Gasteiger partial charge in [0.2, 0.25) is 5.91 Å². The van der Waals surface area contributed by atoms with Crippen molar-refractivity contribution in [3.8, 4) is 5.75 Å². The van der Waals surface area contributed by atoms with Gasteiger partial charge in [-0.05, 0) is 75.2 Å². The van der Waals surface area contributed by atoms with Gasteiger partial charge in [0.15, 0.2) is 6.04 Å². The summed E-state index contributed by atoms with van der Waals surface area (Å²) in [5, 5.41) is 11.6. The highest BCUT2D eigenvalue weighted by Gasteiger charge is 2.36. The molecule has 1 aliphatic rings. The SMILES string of the molecule is CCOc1ccc(N(C(=O)Cn2nnc3ccccc32)[C@H](C(=O)NC2CCCCC2)c2ccc(C)o2)cc1. The number of aryl methyl sites for hydroxylation is 1. The van der Waals surface area contributed by atoms with Crippen LogP contribution in [0.1, 0.15) is 56.6 Å². The monoisotopic (exact) mass is 515 g/mol. The van der Waals surface area contributed by atoms with Crippen molar-refractivity contribution in [3.63, 3.8) is 0 Å². The average molecular weight is 516 g/mol. The van der Waals surface area contributed by atoms with Crippen molar-refractivity contribution in [2.45, 2.75) is 64.6 Å². The van der Waals surface area contributed by atoms with Gasteiger partial charge in [-0.2, -0.15) is 0 Å². The Hall–Kier alpha value is -4.14. The minimum Gasteiger partial charge on any atom is -0.494 e. The first-order chi connectivity index (χ1) is 18.5. The van der Waals surface area contributed by atoms with E-state index >= 15 is 0 Å². The fraction of sp³-hybridized carbons (Fsp3) is 0.379. The largest absolute Gasteiger partial charge is 0.494 e. The van der Waals surface area contributed by atoms with E-state index in [-0.39, 0.29) is 24.4 Å². The van der Waals surface area contributed by atoms with Crippen LogP contribution >= 0.6 is 0 Å². The first-order valence-corrected chi connectivity index (χ1v) is 13.2. The Morgan fingerprint density at radius 1 is 1.08 bits per heavy atom. The molecule has 1 aliphatic carbocycles. The Morgan fingerprint density at radius 2 is 1.84 bits per heavy atom. The number of amides is 2. The summed E-state index contributed by atoms with van der Waals surface area (Å²) in [5.74, 6) is 1.17. The van der Waals surface area contributed by atoms with Crippen LogP contribution in [0.25, 0.3) is 11.0 Å². The molecule has 2 amide bonds. The fourth-order valence-electron chi connectivity index (χ4n) is 5.05. The Balaban J connectivity index is 1.53. The van der Waals surface area contributed by atoms with Gasteiger partial charge in [-0.1, -0.05) is 36.6 Å². The number of furan rings is 1. The summed E-state index contributed by atoms with van der Waals surface area (Å²) < 4.78 is 13.1. The maximum absolute atomic E-state index is 14.1. The number of aromatic nitrogens is 3. The molecular formula is C29H33N5O4. The molecule has 0 radical (unpaired) electrons. The van der Waals surface area contributed by atoms with Crippen LogP contribution in [0.4, 0.5) is 5.69 Å². The summed E-state index contributed by atoms with van der Waals surface area (Å²) >= 11 is 0. The lowest BCUT2D eigenvalue weighted by Gasteiger charge is -2.32. The van der Waals surface area contributed by atoms with E-state index in [0.717, 1.165) is 31.2 Å². The van der Waals surface area contributed by atoms with Crippen molar-refractivity contribution < 1.29 is 18.7 Å². The van der Waals surface area contributed by atoms with Gasteiger partial charge in [0.05, 0.1) is 12.1 Å². The van der Waals surface area contributed by atoms with Crippen LogP contribution < -0.4 is 15.0 Å². The van der Waals surface area contributed by atoms with Gasteiger partial charge in [-0.15, -0.1) is 5.10 Å². The molecule has 1 N–H and O–H groups in total. The molecule has 1 fully saturated rings. The van der Waals surface area contributed by atoms with E-state index in [1.54, 1.807) is 35.0 Å². The predicted molar refractivity (Wildman–Crippen MR) is 144 cm³/mol. The number of benzene rings is 2. The van der Waals surface area contributed by atoms with Gasteiger partial charge in [-0.3, -0.25) is 14.5 Å². The summed E-state index contributed by atoms with van der Waals surface area (Å²) in [5.41, 5.74) is 1.99. The lowest BCUT2D eigenvalue weighted by molar-refractivity contribution is -0.128. The van der Waals surface area contributed by atoms with Gasteiger partial charge in [0.25, 0.3) is 5.91 Å². The maximum Gasteiger partial charge on any atom is 0.251 e. The van der Waals surface area contributed by atoms with Crippen LogP contribution in [0, 0.1) is 6.92 Å². The number of carbonyl (C=O) groups excluding carboxylic acids is 2. The van der Waals surface area contributed by atoms with Crippen LogP contribution in [0.5, 0.6) is 5.75 Å². The second-order valence-electron chi connectivity index (χ2n) is 9.62. The molecule has 5 rings (SSSR count). The second kappa shape index (κ2) is 11.5. The van der Waals surface area contributed by atoms with Crippen LogP contribution in [-0.4, -0.2) is 39.5 Å². The first-order valence-electron chi connectivity index (χ1n) is 13.2. The molecule has 4 aromatic rings. The number of carbonyl (C=O) groups is 2. The quantitative estimate of drug-likeness (QED) is 0.338. The number of ether oxygens (including phenoxy) is 1. The number of nitrogens with one attached hydrogen (secondary N) is 1. The summed E-state index contributed by atoms with van der Waals surface area (Å²) in [7, 11) is 0. The lowest BCUT2D eigenvalue weighted by Crippen LogP contribution is -2.48. The predicted octanol–water partition coefficient (Wildman–Crippen LogP) is 4.95. The van der Waals surface area contributed by atoms with Crippen molar-refractivity contribution >= 4 is 28.5 Å². The summed E-state index contributed by atoms with van der Waals surface area (Å²) in [6.07, 6.45) is 5.19. The molecule has 0 spiro atoms. The Morgan fingerprint density at radius 3 is 2.55 bits per heavy atom. The Kier molecular flexibility index (Phi) is 7.72. The van der Waals surface area contributed by atoms with Crippen molar-refractivity contribution in [1.29, 1.82) is 0 Å². The number of anilines is 1. The zero-order valence-electron chi connectivity index (χ0n) is 21.8. The van der Waals surface area contributed by atoms with Crippen molar-refractivity contribution in [2.24, 2.45) is 0 Å².